The molecular weight excluding hydrogens is 323 g/mol. The number of amides is 1. The lowest BCUT2D eigenvalue weighted by molar-refractivity contribution is 0.0948. The van der Waals surface area contributed by atoms with E-state index in [0.29, 0.717) is 5.56 Å². The smallest absolute Gasteiger partial charge is 0.263 e. The number of rotatable bonds is 5. The molecule has 126 valence electrons. The normalized spacial score (nSPS) is 10.4. The van der Waals surface area contributed by atoms with Crippen molar-refractivity contribution in [1.29, 1.82) is 0 Å². The van der Waals surface area contributed by atoms with E-state index in [4.69, 9.17) is 0 Å². The van der Waals surface area contributed by atoms with Crippen molar-refractivity contribution >= 4 is 5.91 Å². The monoisotopic (exact) mass is 338 g/mol. The molecule has 0 fully saturated rings. The molecule has 7 heteroatoms. The molecule has 6 nitrogen and oxygen atoms in total. The maximum absolute atomic E-state index is 13.8. The molecule has 25 heavy (non-hydrogen) atoms. The van der Waals surface area contributed by atoms with Gasteiger partial charge in [-0.3, -0.25) is 9.59 Å². The van der Waals surface area contributed by atoms with Crippen molar-refractivity contribution in [2.24, 2.45) is 0 Å². The van der Waals surface area contributed by atoms with Gasteiger partial charge in [-0.1, -0.05) is 18.2 Å². The SMILES string of the molecule is O=C(NCc1ccnnc1)c1cccn(Cc2ccccc2F)c1=O. The van der Waals surface area contributed by atoms with E-state index in [2.05, 4.69) is 15.5 Å². The lowest BCUT2D eigenvalue weighted by Crippen LogP contribution is -2.32. The number of aromatic nitrogens is 3. The Labute approximate surface area is 143 Å². The summed E-state index contributed by atoms with van der Waals surface area (Å²) in [7, 11) is 0. The molecule has 0 aliphatic heterocycles. The van der Waals surface area contributed by atoms with E-state index in [1.54, 1.807) is 30.3 Å². The summed E-state index contributed by atoms with van der Waals surface area (Å²) in [6.45, 7) is 0.289. The summed E-state index contributed by atoms with van der Waals surface area (Å²) in [5.41, 5.74) is 0.674. The highest BCUT2D eigenvalue weighted by Gasteiger charge is 2.13. The Morgan fingerprint density at radius 2 is 1.96 bits per heavy atom. The molecule has 0 radical (unpaired) electrons. The van der Waals surface area contributed by atoms with Gasteiger partial charge in [-0.2, -0.15) is 10.2 Å². The van der Waals surface area contributed by atoms with Crippen LogP contribution in [0, 0.1) is 5.82 Å². The maximum Gasteiger partial charge on any atom is 0.263 e. The van der Waals surface area contributed by atoms with Crippen LogP contribution in [-0.2, 0) is 13.1 Å². The van der Waals surface area contributed by atoms with Gasteiger partial charge in [-0.05, 0) is 29.8 Å². The second kappa shape index (κ2) is 7.48. The van der Waals surface area contributed by atoms with Crippen LogP contribution in [0.1, 0.15) is 21.5 Å². The van der Waals surface area contributed by atoms with E-state index in [0.717, 1.165) is 5.56 Å². The van der Waals surface area contributed by atoms with Gasteiger partial charge in [0.1, 0.15) is 11.4 Å². The van der Waals surface area contributed by atoms with Gasteiger partial charge in [0.15, 0.2) is 0 Å². The number of hydrogen-bond acceptors (Lipinski definition) is 4. The molecule has 0 spiro atoms. The molecule has 1 N–H and O–H groups in total. The van der Waals surface area contributed by atoms with Crippen LogP contribution in [0.2, 0.25) is 0 Å². The lowest BCUT2D eigenvalue weighted by Gasteiger charge is -2.09. The Balaban J connectivity index is 1.77. The third-order valence-electron chi connectivity index (χ3n) is 3.66. The first-order valence-corrected chi connectivity index (χ1v) is 7.62. The number of carbonyl (C=O) groups is 1. The molecule has 0 bridgehead atoms. The van der Waals surface area contributed by atoms with Crippen LogP contribution < -0.4 is 10.9 Å². The summed E-state index contributed by atoms with van der Waals surface area (Å²) in [5.74, 6) is -0.890. The van der Waals surface area contributed by atoms with Crippen LogP contribution >= 0.6 is 0 Å². The minimum absolute atomic E-state index is 0.000791. The summed E-state index contributed by atoms with van der Waals surface area (Å²) >= 11 is 0. The first kappa shape index (κ1) is 16.5. The van der Waals surface area contributed by atoms with Crippen molar-refractivity contribution in [3.8, 4) is 0 Å². The van der Waals surface area contributed by atoms with Gasteiger partial charge >= 0.3 is 0 Å². The van der Waals surface area contributed by atoms with E-state index >= 15 is 0 Å². The third kappa shape index (κ3) is 3.95. The Kier molecular flexibility index (Phi) is 4.94. The zero-order chi connectivity index (χ0) is 17.6. The molecule has 3 rings (SSSR count). The van der Waals surface area contributed by atoms with Gasteiger partial charge in [-0.25, -0.2) is 4.39 Å². The average molecular weight is 338 g/mol. The quantitative estimate of drug-likeness (QED) is 0.769. The van der Waals surface area contributed by atoms with E-state index in [9.17, 15) is 14.0 Å². The van der Waals surface area contributed by atoms with Crippen molar-refractivity contribution in [2.45, 2.75) is 13.1 Å². The van der Waals surface area contributed by atoms with Crippen LogP contribution in [0.15, 0.2) is 65.8 Å². The second-order valence-electron chi connectivity index (χ2n) is 5.38. The molecule has 2 heterocycles. The fraction of sp³-hybridized carbons (Fsp3) is 0.111. The fourth-order valence-corrected chi connectivity index (χ4v) is 2.34. The topological polar surface area (TPSA) is 76.9 Å². The molecule has 0 saturated heterocycles. The summed E-state index contributed by atoms with van der Waals surface area (Å²) in [4.78, 5) is 24.8. The first-order chi connectivity index (χ1) is 12.1. The molecule has 1 aromatic carbocycles. The van der Waals surface area contributed by atoms with Crippen molar-refractivity contribution in [2.75, 3.05) is 0 Å². The Hall–Kier alpha value is -3.35. The van der Waals surface area contributed by atoms with Crippen LogP contribution in [-0.4, -0.2) is 20.7 Å². The summed E-state index contributed by atoms with van der Waals surface area (Å²) in [5, 5.41) is 10.0. The summed E-state index contributed by atoms with van der Waals surface area (Å²) in [6, 6.07) is 11.0. The van der Waals surface area contributed by atoms with E-state index in [-0.39, 0.29) is 18.7 Å². The molecule has 0 aliphatic carbocycles. The molecular formula is C18H15FN4O2. The number of nitrogens with zero attached hydrogens (tertiary/aromatic N) is 3. The number of nitrogens with one attached hydrogen (secondary N) is 1. The minimum Gasteiger partial charge on any atom is -0.348 e. The summed E-state index contributed by atoms with van der Waals surface area (Å²) in [6.07, 6.45) is 4.57. The van der Waals surface area contributed by atoms with Crippen LogP contribution in [0.4, 0.5) is 4.39 Å². The molecule has 0 unspecified atom stereocenters. The fourth-order valence-electron chi connectivity index (χ4n) is 2.34. The van der Waals surface area contributed by atoms with Crippen molar-refractivity contribution in [3.05, 3.63) is 93.9 Å². The van der Waals surface area contributed by atoms with Crippen LogP contribution in [0.25, 0.3) is 0 Å². The van der Waals surface area contributed by atoms with E-state index in [1.165, 1.54) is 35.3 Å². The molecule has 2 aromatic heterocycles. The zero-order valence-electron chi connectivity index (χ0n) is 13.2. The standard InChI is InChI=1S/C18H15FN4O2/c19-16-6-2-1-4-14(16)12-23-9-3-5-15(18(23)25)17(24)20-10-13-7-8-21-22-11-13/h1-9,11H,10,12H2,(H,20,24). The first-order valence-electron chi connectivity index (χ1n) is 7.62. The van der Waals surface area contributed by atoms with Crippen molar-refractivity contribution in [1.82, 2.24) is 20.1 Å². The highest BCUT2D eigenvalue weighted by molar-refractivity contribution is 5.93. The number of pyridine rings is 1. The Morgan fingerprint density at radius 1 is 1.12 bits per heavy atom. The maximum atomic E-state index is 13.8. The van der Waals surface area contributed by atoms with E-state index < -0.39 is 17.3 Å². The number of carbonyl (C=O) groups excluding carboxylic acids is 1. The number of benzene rings is 1. The van der Waals surface area contributed by atoms with Crippen molar-refractivity contribution < 1.29 is 9.18 Å². The third-order valence-corrected chi connectivity index (χ3v) is 3.66. The molecule has 0 saturated carbocycles. The van der Waals surface area contributed by atoms with Gasteiger partial charge < -0.3 is 9.88 Å². The summed E-state index contributed by atoms with van der Waals surface area (Å²) < 4.78 is 15.1. The zero-order valence-corrected chi connectivity index (χ0v) is 13.2. The highest BCUT2D eigenvalue weighted by Crippen LogP contribution is 2.07. The van der Waals surface area contributed by atoms with Crippen molar-refractivity contribution in [3.63, 3.8) is 0 Å². The number of halogens is 1. The van der Waals surface area contributed by atoms with E-state index in [1.807, 2.05) is 0 Å². The predicted octanol–water partition coefficient (Wildman–Crippen LogP) is 1.76. The van der Waals surface area contributed by atoms with Gasteiger partial charge in [0.05, 0.1) is 12.7 Å². The van der Waals surface area contributed by atoms with Crippen LogP contribution in [0.5, 0.6) is 0 Å². The lowest BCUT2D eigenvalue weighted by atomic mass is 10.2. The average Bonchev–Trinajstić information content (AvgIpc) is 2.64. The number of hydrogen-bond donors (Lipinski definition) is 1. The van der Waals surface area contributed by atoms with Crippen LogP contribution in [0.3, 0.4) is 0 Å². The van der Waals surface area contributed by atoms with Gasteiger partial charge in [0.2, 0.25) is 0 Å². The second-order valence-corrected chi connectivity index (χ2v) is 5.38. The predicted molar refractivity (Wildman–Crippen MR) is 89.4 cm³/mol. The van der Waals surface area contributed by atoms with Gasteiger partial charge in [-0.15, -0.1) is 0 Å². The molecule has 0 atom stereocenters. The molecule has 0 aliphatic rings. The Bertz CT molecular complexity index is 941. The van der Waals surface area contributed by atoms with Gasteiger partial charge in [0.25, 0.3) is 11.5 Å². The Morgan fingerprint density at radius 3 is 2.72 bits per heavy atom. The van der Waals surface area contributed by atoms with Gasteiger partial charge in [0, 0.05) is 24.5 Å². The minimum atomic E-state index is -0.496. The largest absolute Gasteiger partial charge is 0.348 e. The highest BCUT2D eigenvalue weighted by atomic mass is 19.1. The molecule has 3 aromatic rings. The molecule has 1 amide bonds.